The van der Waals surface area contributed by atoms with E-state index in [1.54, 1.807) is 24.3 Å². The van der Waals surface area contributed by atoms with Crippen molar-refractivity contribution in [2.45, 2.75) is 38.8 Å². The smallest absolute Gasteiger partial charge is 0.250 e. The molecule has 3 amide bonds. The highest BCUT2D eigenvalue weighted by molar-refractivity contribution is 6.26. The number of hydrogen-bond acceptors (Lipinski definition) is 5. The van der Waals surface area contributed by atoms with Crippen molar-refractivity contribution in [3.63, 3.8) is 0 Å². The zero-order valence-electron chi connectivity index (χ0n) is 22.4. The minimum atomic E-state index is -1.38. The van der Waals surface area contributed by atoms with E-state index in [-0.39, 0.29) is 17.6 Å². The summed E-state index contributed by atoms with van der Waals surface area (Å²) in [6, 6.07) is 17.8. The molecule has 4 aromatic rings. The summed E-state index contributed by atoms with van der Waals surface area (Å²) in [4.78, 5) is 58.7. The third-order valence-corrected chi connectivity index (χ3v) is 9.07. The summed E-state index contributed by atoms with van der Waals surface area (Å²) in [5, 5.41) is 7.63. The molecular formula is C32H28N4O4. The molecular weight excluding hydrogens is 504 g/mol. The molecule has 0 saturated carbocycles. The van der Waals surface area contributed by atoms with Crippen molar-refractivity contribution in [1.82, 2.24) is 10.3 Å². The predicted molar refractivity (Wildman–Crippen MR) is 151 cm³/mol. The molecule has 8 nitrogen and oxygen atoms in total. The van der Waals surface area contributed by atoms with Crippen LogP contribution in [0, 0.1) is 25.7 Å². The molecule has 4 atom stereocenters. The Bertz CT molecular complexity index is 1770. The van der Waals surface area contributed by atoms with Gasteiger partial charge in [0, 0.05) is 40.0 Å². The summed E-state index contributed by atoms with van der Waals surface area (Å²) in [6.45, 7) is 5.40. The first-order valence-electron chi connectivity index (χ1n) is 13.5. The number of rotatable bonds is 4. The van der Waals surface area contributed by atoms with E-state index in [0.717, 1.165) is 27.6 Å². The summed E-state index contributed by atoms with van der Waals surface area (Å²) in [5.74, 6) is -2.86. The van der Waals surface area contributed by atoms with Crippen LogP contribution in [0.3, 0.4) is 0 Å². The van der Waals surface area contributed by atoms with Crippen molar-refractivity contribution in [3.8, 4) is 0 Å². The van der Waals surface area contributed by atoms with Gasteiger partial charge in [0.15, 0.2) is 5.78 Å². The third-order valence-electron chi connectivity index (χ3n) is 9.07. The Labute approximate surface area is 230 Å². The minimum Gasteiger partial charge on any atom is -0.361 e. The number of imide groups is 1. The topological polar surface area (TPSA) is 111 Å². The van der Waals surface area contributed by atoms with Crippen molar-refractivity contribution in [2.24, 2.45) is 11.8 Å². The van der Waals surface area contributed by atoms with Crippen LogP contribution in [0.4, 0.5) is 11.4 Å². The molecule has 0 aliphatic carbocycles. The first kappa shape index (κ1) is 24.5. The lowest BCUT2D eigenvalue weighted by molar-refractivity contribution is -0.130. The highest BCUT2D eigenvalue weighted by atomic mass is 16.2. The van der Waals surface area contributed by atoms with Crippen LogP contribution in [-0.2, 0) is 26.3 Å². The molecule has 40 heavy (non-hydrogen) atoms. The number of amides is 3. The van der Waals surface area contributed by atoms with Gasteiger partial charge in [-0.15, -0.1) is 0 Å². The molecule has 2 fully saturated rings. The maximum atomic E-state index is 14.3. The number of carbonyl (C=O) groups is 4. The number of carbonyl (C=O) groups excluding carboxylic acids is 4. The number of para-hydroxylation sites is 1. The molecule has 8 heteroatoms. The van der Waals surface area contributed by atoms with E-state index < -0.39 is 29.3 Å². The molecule has 3 aromatic carbocycles. The number of anilines is 2. The minimum absolute atomic E-state index is 0.102. The molecule has 2 saturated heterocycles. The number of Topliss-reactive ketones (excluding diaryl/α,β-unsaturated/α-hetero) is 1. The van der Waals surface area contributed by atoms with Gasteiger partial charge < -0.3 is 10.3 Å². The number of nitrogens with zero attached hydrogens (tertiary/aromatic N) is 1. The molecule has 200 valence electrons. The monoisotopic (exact) mass is 532 g/mol. The lowest BCUT2D eigenvalue weighted by Crippen LogP contribution is -2.53. The molecule has 3 N–H and O–H groups in total. The number of nitrogens with one attached hydrogen (secondary N) is 3. The second-order valence-electron chi connectivity index (χ2n) is 11.1. The fraction of sp³-hybridized carbons (Fsp3) is 0.250. The van der Waals surface area contributed by atoms with Gasteiger partial charge in [0.05, 0.1) is 17.5 Å². The highest BCUT2D eigenvalue weighted by Gasteiger charge is 2.70. The summed E-state index contributed by atoms with van der Waals surface area (Å²) in [7, 11) is 0. The maximum absolute atomic E-state index is 14.3. The van der Waals surface area contributed by atoms with Crippen LogP contribution in [-0.4, -0.2) is 34.5 Å². The molecule has 0 unspecified atom stereocenters. The lowest BCUT2D eigenvalue weighted by Gasteiger charge is -2.29. The Morgan fingerprint density at radius 2 is 1.70 bits per heavy atom. The maximum Gasteiger partial charge on any atom is 0.250 e. The molecule has 1 aromatic heterocycles. The van der Waals surface area contributed by atoms with Crippen LogP contribution >= 0.6 is 0 Å². The van der Waals surface area contributed by atoms with Gasteiger partial charge in [-0.3, -0.25) is 24.5 Å². The molecule has 7 rings (SSSR count). The Morgan fingerprint density at radius 1 is 0.950 bits per heavy atom. The van der Waals surface area contributed by atoms with Gasteiger partial charge in [0.1, 0.15) is 5.54 Å². The highest BCUT2D eigenvalue weighted by Crippen LogP contribution is 2.54. The summed E-state index contributed by atoms with van der Waals surface area (Å²) in [6.07, 6.45) is 2.39. The number of H-pyrrole nitrogens is 1. The van der Waals surface area contributed by atoms with E-state index in [0.29, 0.717) is 28.9 Å². The van der Waals surface area contributed by atoms with E-state index in [1.165, 1.54) is 11.8 Å². The van der Waals surface area contributed by atoms with Crippen LogP contribution in [0.25, 0.3) is 10.9 Å². The van der Waals surface area contributed by atoms with Crippen LogP contribution in [0.1, 0.15) is 39.5 Å². The lowest BCUT2D eigenvalue weighted by atomic mass is 9.75. The van der Waals surface area contributed by atoms with Gasteiger partial charge in [-0.05, 0) is 74.2 Å². The van der Waals surface area contributed by atoms with Crippen LogP contribution in [0.2, 0.25) is 0 Å². The van der Waals surface area contributed by atoms with Crippen LogP contribution in [0.5, 0.6) is 0 Å². The average Bonchev–Trinajstić information content (AvgIpc) is 3.65. The van der Waals surface area contributed by atoms with Crippen LogP contribution < -0.4 is 15.5 Å². The Hall–Kier alpha value is -4.56. The molecule has 4 heterocycles. The van der Waals surface area contributed by atoms with Crippen molar-refractivity contribution >= 4 is 45.8 Å². The van der Waals surface area contributed by atoms with Crippen molar-refractivity contribution in [1.29, 1.82) is 0 Å². The zero-order valence-corrected chi connectivity index (χ0v) is 22.4. The number of hydrogen-bond donors (Lipinski definition) is 3. The normalized spacial score (nSPS) is 25.1. The van der Waals surface area contributed by atoms with Crippen LogP contribution in [0.15, 0.2) is 66.9 Å². The summed E-state index contributed by atoms with van der Waals surface area (Å²) >= 11 is 0. The van der Waals surface area contributed by atoms with E-state index in [1.807, 2.05) is 56.4 Å². The Morgan fingerprint density at radius 3 is 2.45 bits per heavy atom. The van der Waals surface area contributed by atoms with E-state index in [2.05, 4.69) is 15.6 Å². The van der Waals surface area contributed by atoms with E-state index >= 15 is 0 Å². The van der Waals surface area contributed by atoms with Crippen molar-refractivity contribution < 1.29 is 19.2 Å². The number of ketones is 1. The van der Waals surface area contributed by atoms with Gasteiger partial charge >= 0.3 is 0 Å². The molecule has 1 spiro atoms. The second-order valence-corrected chi connectivity index (χ2v) is 11.1. The number of aromatic amines is 1. The first-order chi connectivity index (χ1) is 19.2. The van der Waals surface area contributed by atoms with Gasteiger partial charge in [-0.1, -0.05) is 30.3 Å². The van der Waals surface area contributed by atoms with E-state index in [4.69, 9.17) is 0 Å². The number of aromatic nitrogens is 1. The van der Waals surface area contributed by atoms with Gasteiger partial charge in [0.2, 0.25) is 17.7 Å². The quantitative estimate of drug-likeness (QED) is 0.270. The fourth-order valence-corrected chi connectivity index (χ4v) is 6.93. The SMILES string of the molecule is CC(=O)c1ccc(N2C(=O)[C@@H]3[C@H](Cc4c[nH]c5ccccc45)N[C@@]4(C(=O)Nc5c4ccc(C)c5C)[C@@H]3C2=O)cc1. The predicted octanol–water partition coefficient (Wildman–Crippen LogP) is 4.16. The van der Waals surface area contributed by atoms with Gasteiger partial charge in [-0.2, -0.15) is 0 Å². The molecule has 3 aliphatic rings. The standard InChI is InChI=1S/C32H28N4O4/c1-16-8-13-23-28(17(16)2)34-31(40)32(23)27-26(25(35-32)14-20-15-33-24-7-5-4-6-22(20)24)29(38)36(30(27)39)21-11-9-19(10-12-21)18(3)37/h4-13,15,25-27,33,35H,14H2,1-3H3,(H,34,40)/t25-,26+,27-,32+/m0/s1. The molecule has 0 radical (unpaired) electrons. The van der Waals surface area contributed by atoms with Crippen molar-refractivity contribution in [3.05, 3.63) is 94.7 Å². The Balaban J connectivity index is 1.37. The Kier molecular flexibility index (Phi) is 5.18. The second kappa shape index (κ2) is 8.47. The number of aryl methyl sites for hydroxylation is 1. The molecule has 3 aliphatic heterocycles. The summed E-state index contributed by atoms with van der Waals surface area (Å²) in [5.41, 5.74) is 4.88. The number of benzene rings is 3. The van der Waals surface area contributed by atoms with Crippen molar-refractivity contribution in [2.75, 3.05) is 10.2 Å². The fourth-order valence-electron chi connectivity index (χ4n) is 6.93. The largest absolute Gasteiger partial charge is 0.361 e. The zero-order chi connectivity index (χ0) is 27.9. The number of fused-ring (bicyclic) bond motifs is 5. The average molecular weight is 533 g/mol. The van der Waals surface area contributed by atoms with E-state index in [9.17, 15) is 19.2 Å². The molecule has 0 bridgehead atoms. The van der Waals surface area contributed by atoms with Gasteiger partial charge in [0.25, 0.3) is 0 Å². The third kappa shape index (κ3) is 3.17. The summed E-state index contributed by atoms with van der Waals surface area (Å²) < 4.78 is 0. The van der Waals surface area contributed by atoms with Gasteiger partial charge in [-0.25, -0.2) is 4.90 Å². The first-order valence-corrected chi connectivity index (χ1v) is 13.5.